The van der Waals surface area contributed by atoms with Crippen molar-refractivity contribution in [3.8, 4) is 0 Å². The molecule has 2 rings (SSSR count). The molecule has 0 saturated carbocycles. The van der Waals surface area contributed by atoms with E-state index >= 15 is 0 Å². The highest BCUT2D eigenvalue weighted by Gasteiger charge is 2.09. The van der Waals surface area contributed by atoms with E-state index in [9.17, 15) is 4.21 Å². The zero-order valence-corrected chi connectivity index (χ0v) is 7.51. The SMILES string of the molecule is C=S1(=O)C=Cc2ccccc2C1. The summed E-state index contributed by atoms with van der Waals surface area (Å²) in [5.41, 5.74) is 2.31. The Morgan fingerprint density at radius 2 is 2.08 bits per heavy atom. The van der Waals surface area contributed by atoms with Gasteiger partial charge in [0, 0.05) is 5.75 Å². The zero-order valence-electron chi connectivity index (χ0n) is 6.69. The van der Waals surface area contributed by atoms with Crippen molar-refractivity contribution in [2.75, 3.05) is 0 Å². The summed E-state index contributed by atoms with van der Waals surface area (Å²) < 4.78 is 11.6. The molecule has 2 heteroatoms. The summed E-state index contributed by atoms with van der Waals surface area (Å²) in [5, 5.41) is 1.72. The number of fused-ring (bicyclic) bond motifs is 1. The molecule has 0 N–H and O–H groups in total. The van der Waals surface area contributed by atoms with Crippen LogP contribution < -0.4 is 0 Å². The van der Waals surface area contributed by atoms with Gasteiger partial charge in [0.1, 0.15) is 0 Å². The molecule has 0 spiro atoms. The van der Waals surface area contributed by atoms with E-state index in [-0.39, 0.29) is 0 Å². The lowest BCUT2D eigenvalue weighted by molar-refractivity contribution is 0.686. The standard InChI is InChI=1S/C10H10OS/c1-12(11)7-6-9-4-2-3-5-10(9)8-12/h2-7H,1,8H2. The quantitative estimate of drug-likeness (QED) is 0.554. The minimum absolute atomic E-state index is 0.583. The maximum Gasteiger partial charge on any atom is 0.0452 e. The van der Waals surface area contributed by atoms with E-state index in [2.05, 4.69) is 5.87 Å². The fourth-order valence-corrected chi connectivity index (χ4v) is 2.62. The molecule has 62 valence electrons. The molecule has 1 unspecified atom stereocenters. The molecule has 1 atom stereocenters. The lowest BCUT2D eigenvalue weighted by atomic mass is 10.1. The van der Waals surface area contributed by atoms with E-state index in [0.717, 1.165) is 5.56 Å². The average molecular weight is 178 g/mol. The minimum Gasteiger partial charge on any atom is -0.263 e. The van der Waals surface area contributed by atoms with Gasteiger partial charge in [-0.2, -0.15) is 0 Å². The molecular weight excluding hydrogens is 168 g/mol. The number of hydrogen-bond donors (Lipinski definition) is 0. The molecule has 0 bridgehead atoms. The van der Waals surface area contributed by atoms with Gasteiger partial charge in [-0.25, -0.2) is 0 Å². The third kappa shape index (κ3) is 1.30. The van der Waals surface area contributed by atoms with E-state index in [0.29, 0.717) is 5.75 Å². The highest BCUT2D eigenvalue weighted by Crippen LogP contribution is 2.20. The molecular formula is C10H10OS. The van der Waals surface area contributed by atoms with Crippen LogP contribution in [0.4, 0.5) is 0 Å². The molecule has 1 aliphatic heterocycles. The zero-order chi connectivity index (χ0) is 8.60. The number of benzene rings is 1. The summed E-state index contributed by atoms with van der Waals surface area (Å²) in [6, 6.07) is 7.98. The Balaban J connectivity index is 2.61. The normalized spacial score (nSPS) is 26.7. The molecule has 0 radical (unpaired) electrons. The molecule has 0 aromatic heterocycles. The van der Waals surface area contributed by atoms with Crippen LogP contribution in [0.3, 0.4) is 0 Å². The van der Waals surface area contributed by atoms with E-state index < -0.39 is 9.52 Å². The Hall–Kier alpha value is -1.02. The Kier molecular flexibility index (Phi) is 1.58. The van der Waals surface area contributed by atoms with Crippen molar-refractivity contribution in [3.63, 3.8) is 0 Å². The molecule has 1 nitrogen and oxygen atoms in total. The lowest BCUT2D eigenvalue weighted by Gasteiger charge is -2.12. The van der Waals surface area contributed by atoms with Gasteiger partial charge in [-0.1, -0.05) is 24.3 Å². The van der Waals surface area contributed by atoms with Crippen LogP contribution in [-0.2, 0) is 15.3 Å². The summed E-state index contributed by atoms with van der Waals surface area (Å²) in [6.07, 6.45) is 1.90. The third-order valence-electron chi connectivity index (χ3n) is 1.95. The predicted molar refractivity (Wildman–Crippen MR) is 54.4 cm³/mol. The Morgan fingerprint density at radius 1 is 1.33 bits per heavy atom. The highest BCUT2D eigenvalue weighted by atomic mass is 32.2. The van der Waals surface area contributed by atoms with Crippen LogP contribution in [0.1, 0.15) is 11.1 Å². The second-order valence-corrected chi connectivity index (χ2v) is 5.31. The van der Waals surface area contributed by atoms with Crippen molar-refractivity contribution in [3.05, 3.63) is 40.8 Å². The Bertz CT molecular complexity index is 427. The molecule has 12 heavy (non-hydrogen) atoms. The van der Waals surface area contributed by atoms with E-state index in [4.69, 9.17) is 0 Å². The van der Waals surface area contributed by atoms with Crippen LogP contribution in [0.15, 0.2) is 29.7 Å². The molecule has 0 saturated heterocycles. The smallest absolute Gasteiger partial charge is 0.0452 e. The second kappa shape index (κ2) is 2.49. The maximum absolute atomic E-state index is 11.6. The maximum atomic E-state index is 11.6. The van der Waals surface area contributed by atoms with Crippen LogP contribution in [-0.4, -0.2) is 10.1 Å². The Morgan fingerprint density at radius 3 is 2.92 bits per heavy atom. The van der Waals surface area contributed by atoms with E-state index in [1.165, 1.54) is 5.56 Å². The van der Waals surface area contributed by atoms with Gasteiger partial charge in [-0.3, -0.25) is 4.21 Å². The molecule has 0 amide bonds. The molecule has 1 aliphatic rings. The van der Waals surface area contributed by atoms with Crippen LogP contribution in [0.25, 0.3) is 6.08 Å². The summed E-state index contributed by atoms with van der Waals surface area (Å²) in [5.74, 6) is 4.25. The van der Waals surface area contributed by atoms with Crippen LogP contribution in [0, 0.1) is 0 Å². The molecule has 1 aromatic rings. The summed E-state index contributed by atoms with van der Waals surface area (Å²) >= 11 is 0. The van der Waals surface area contributed by atoms with Gasteiger partial charge in [0.25, 0.3) is 0 Å². The van der Waals surface area contributed by atoms with E-state index in [1.807, 2.05) is 30.3 Å². The molecule has 0 fully saturated rings. The van der Waals surface area contributed by atoms with Crippen molar-refractivity contribution in [1.82, 2.24) is 0 Å². The molecule has 1 aromatic carbocycles. The van der Waals surface area contributed by atoms with Gasteiger partial charge in [0.05, 0.1) is 0 Å². The monoisotopic (exact) mass is 178 g/mol. The highest BCUT2D eigenvalue weighted by molar-refractivity contribution is 8.02. The van der Waals surface area contributed by atoms with Gasteiger partial charge in [-0.05, 0) is 38.0 Å². The number of hydrogen-bond acceptors (Lipinski definition) is 1. The molecule has 0 aliphatic carbocycles. The fraction of sp³-hybridized carbons (Fsp3) is 0.100. The first-order valence-electron chi connectivity index (χ1n) is 3.78. The lowest BCUT2D eigenvalue weighted by Crippen LogP contribution is -2.05. The van der Waals surface area contributed by atoms with Gasteiger partial charge in [0.15, 0.2) is 0 Å². The Labute approximate surface area is 72.7 Å². The first-order chi connectivity index (χ1) is 5.67. The summed E-state index contributed by atoms with van der Waals surface area (Å²) in [6.45, 7) is 0. The average Bonchev–Trinajstić information content (AvgIpc) is 2.02. The second-order valence-electron chi connectivity index (χ2n) is 3.02. The summed E-state index contributed by atoms with van der Waals surface area (Å²) in [7, 11) is -1.98. The van der Waals surface area contributed by atoms with Crippen molar-refractivity contribution in [1.29, 1.82) is 0 Å². The van der Waals surface area contributed by atoms with Crippen molar-refractivity contribution < 1.29 is 4.21 Å². The largest absolute Gasteiger partial charge is 0.263 e. The van der Waals surface area contributed by atoms with Crippen LogP contribution >= 0.6 is 0 Å². The molecule has 1 heterocycles. The van der Waals surface area contributed by atoms with E-state index in [1.54, 1.807) is 5.41 Å². The topological polar surface area (TPSA) is 17.1 Å². The van der Waals surface area contributed by atoms with Crippen molar-refractivity contribution in [2.24, 2.45) is 0 Å². The number of rotatable bonds is 0. The van der Waals surface area contributed by atoms with Crippen molar-refractivity contribution in [2.45, 2.75) is 5.75 Å². The minimum atomic E-state index is -1.98. The van der Waals surface area contributed by atoms with Gasteiger partial charge in [-0.15, -0.1) is 0 Å². The fourth-order valence-electron chi connectivity index (χ4n) is 1.34. The predicted octanol–water partition coefficient (Wildman–Crippen LogP) is 1.89. The van der Waals surface area contributed by atoms with Gasteiger partial charge < -0.3 is 0 Å². The van der Waals surface area contributed by atoms with Crippen LogP contribution in [0.2, 0.25) is 0 Å². The summed E-state index contributed by atoms with van der Waals surface area (Å²) in [4.78, 5) is 0. The third-order valence-corrected chi connectivity index (χ3v) is 3.38. The van der Waals surface area contributed by atoms with Crippen LogP contribution in [0.5, 0.6) is 0 Å². The van der Waals surface area contributed by atoms with Gasteiger partial charge >= 0.3 is 0 Å². The first-order valence-corrected chi connectivity index (χ1v) is 5.74. The first kappa shape index (κ1) is 7.62. The van der Waals surface area contributed by atoms with Crippen molar-refractivity contribution >= 4 is 21.5 Å². The van der Waals surface area contributed by atoms with Gasteiger partial charge in [0.2, 0.25) is 0 Å².